The summed E-state index contributed by atoms with van der Waals surface area (Å²) >= 11 is 0. The molecule has 1 aromatic carbocycles. The summed E-state index contributed by atoms with van der Waals surface area (Å²) in [6, 6.07) is 6.73. The monoisotopic (exact) mass is 206 g/mol. The van der Waals surface area contributed by atoms with Gasteiger partial charge < -0.3 is 19.7 Å². The summed E-state index contributed by atoms with van der Waals surface area (Å²) in [5, 5.41) is 3.26. The maximum atomic E-state index is 5.35. The van der Waals surface area contributed by atoms with Crippen LogP contribution in [0.4, 0.5) is 5.69 Å². The molecule has 0 spiro atoms. The molecule has 3 rings (SSSR count). The highest BCUT2D eigenvalue weighted by atomic mass is 16.7. The van der Waals surface area contributed by atoms with Crippen LogP contribution in [-0.2, 0) is 0 Å². The van der Waals surface area contributed by atoms with Crippen molar-refractivity contribution in [3.8, 4) is 11.5 Å². The fourth-order valence-electron chi connectivity index (χ4n) is 1.95. The predicted octanol–water partition coefficient (Wildman–Crippen LogP) is 0.823. The van der Waals surface area contributed by atoms with E-state index in [4.69, 9.17) is 9.47 Å². The molecule has 4 heteroatoms. The quantitative estimate of drug-likeness (QED) is 0.777. The van der Waals surface area contributed by atoms with Crippen LogP contribution in [0.5, 0.6) is 11.5 Å². The summed E-state index contributed by atoms with van der Waals surface area (Å²) in [5.41, 5.74) is 1.21. The number of benzene rings is 1. The molecule has 0 aliphatic carbocycles. The van der Waals surface area contributed by atoms with E-state index in [1.54, 1.807) is 0 Å². The van der Waals surface area contributed by atoms with Gasteiger partial charge in [0.2, 0.25) is 6.79 Å². The van der Waals surface area contributed by atoms with Crippen LogP contribution in [0.1, 0.15) is 0 Å². The smallest absolute Gasteiger partial charge is 0.231 e. The van der Waals surface area contributed by atoms with Gasteiger partial charge in [-0.15, -0.1) is 0 Å². The van der Waals surface area contributed by atoms with Crippen molar-refractivity contribution in [2.45, 2.75) is 6.04 Å². The minimum absolute atomic E-state index is 0.345. The molecule has 0 radical (unpaired) electrons. The standard InChI is InChI=1S/C11H14N2O2/c1-12-8-5-13(6-8)9-2-3-10-11(4-9)15-7-14-10/h2-4,8,12H,5-7H2,1H3. The molecule has 0 amide bonds. The lowest BCUT2D eigenvalue weighted by Crippen LogP contribution is -2.57. The van der Waals surface area contributed by atoms with Gasteiger partial charge in [-0.2, -0.15) is 0 Å². The van der Waals surface area contributed by atoms with E-state index in [-0.39, 0.29) is 0 Å². The Morgan fingerprint density at radius 1 is 1.27 bits per heavy atom. The molecule has 2 heterocycles. The van der Waals surface area contributed by atoms with Crippen molar-refractivity contribution in [1.29, 1.82) is 0 Å². The van der Waals surface area contributed by atoms with Gasteiger partial charge in [-0.25, -0.2) is 0 Å². The van der Waals surface area contributed by atoms with Crippen LogP contribution < -0.4 is 19.7 Å². The van der Waals surface area contributed by atoms with Gasteiger partial charge in [-0.3, -0.25) is 0 Å². The Morgan fingerprint density at radius 2 is 2.07 bits per heavy atom. The second-order valence-electron chi connectivity index (χ2n) is 3.93. The van der Waals surface area contributed by atoms with E-state index in [2.05, 4.69) is 16.3 Å². The summed E-state index contributed by atoms with van der Waals surface area (Å²) < 4.78 is 10.6. The summed E-state index contributed by atoms with van der Waals surface area (Å²) in [7, 11) is 2.00. The molecule has 1 saturated heterocycles. The maximum Gasteiger partial charge on any atom is 0.231 e. The molecular formula is C11H14N2O2. The van der Waals surface area contributed by atoms with Gasteiger partial charge in [0, 0.05) is 30.9 Å². The van der Waals surface area contributed by atoms with Crippen LogP contribution >= 0.6 is 0 Å². The van der Waals surface area contributed by atoms with Crippen LogP contribution in [0.25, 0.3) is 0 Å². The number of hydrogen-bond acceptors (Lipinski definition) is 4. The first-order chi connectivity index (χ1) is 7.36. The Hall–Kier alpha value is -1.42. The van der Waals surface area contributed by atoms with E-state index >= 15 is 0 Å². The SMILES string of the molecule is CNC1CN(c2ccc3c(c2)OCO3)C1. The average molecular weight is 206 g/mol. The Balaban J connectivity index is 1.77. The van der Waals surface area contributed by atoms with E-state index < -0.39 is 0 Å². The van der Waals surface area contributed by atoms with E-state index in [9.17, 15) is 0 Å². The highest BCUT2D eigenvalue weighted by Crippen LogP contribution is 2.36. The summed E-state index contributed by atoms with van der Waals surface area (Å²) in [6.45, 7) is 2.48. The van der Waals surface area contributed by atoms with Crippen molar-refractivity contribution in [2.75, 3.05) is 31.8 Å². The fourth-order valence-corrected chi connectivity index (χ4v) is 1.95. The van der Waals surface area contributed by atoms with E-state index in [0.29, 0.717) is 12.8 Å². The number of rotatable bonds is 2. The minimum Gasteiger partial charge on any atom is -0.454 e. The zero-order valence-electron chi connectivity index (χ0n) is 8.69. The third-order valence-electron chi connectivity index (χ3n) is 3.01. The Labute approximate surface area is 88.8 Å². The number of fused-ring (bicyclic) bond motifs is 1. The number of hydrogen-bond donors (Lipinski definition) is 1. The van der Waals surface area contributed by atoms with Crippen LogP contribution in [0.15, 0.2) is 18.2 Å². The lowest BCUT2D eigenvalue weighted by molar-refractivity contribution is 0.174. The molecule has 1 fully saturated rings. The van der Waals surface area contributed by atoms with Crippen molar-refractivity contribution in [3.05, 3.63) is 18.2 Å². The molecule has 2 aliphatic heterocycles. The van der Waals surface area contributed by atoms with Gasteiger partial charge in [-0.05, 0) is 19.2 Å². The summed E-state index contributed by atoms with van der Waals surface area (Å²) in [4.78, 5) is 2.32. The highest BCUT2D eigenvalue weighted by Gasteiger charge is 2.26. The van der Waals surface area contributed by atoms with E-state index in [1.165, 1.54) is 5.69 Å². The first-order valence-corrected chi connectivity index (χ1v) is 5.18. The van der Waals surface area contributed by atoms with Crippen molar-refractivity contribution < 1.29 is 9.47 Å². The van der Waals surface area contributed by atoms with E-state index in [1.807, 2.05) is 19.2 Å². The third-order valence-corrected chi connectivity index (χ3v) is 3.01. The zero-order chi connectivity index (χ0) is 10.3. The van der Waals surface area contributed by atoms with Gasteiger partial charge in [0.25, 0.3) is 0 Å². The van der Waals surface area contributed by atoms with Gasteiger partial charge in [0.1, 0.15) is 0 Å². The highest BCUT2D eigenvalue weighted by molar-refractivity contribution is 5.58. The molecule has 1 aromatic rings. The lowest BCUT2D eigenvalue weighted by atomic mass is 10.1. The summed E-state index contributed by atoms with van der Waals surface area (Å²) in [5.74, 6) is 1.71. The first kappa shape index (κ1) is 8.85. The number of nitrogens with zero attached hydrogens (tertiary/aromatic N) is 1. The van der Waals surface area contributed by atoms with Crippen molar-refractivity contribution in [2.24, 2.45) is 0 Å². The van der Waals surface area contributed by atoms with Gasteiger partial charge in [0.05, 0.1) is 0 Å². The molecule has 2 aliphatic rings. The zero-order valence-corrected chi connectivity index (χ0v) is 8.69. The van der Waals surface area contributed by atoms with Gasteiger partial charge in [0.15, 0.2) is 11.5 Å². The third kappa shape index (κ3) is 1.41. The molecule has 4 nitrogen and oxygen atoms in total. The largest absolute Gasteiger partial charge is 0.454 e. The second kappa shape index (κ2) is 3.31. The molecular weight excluding hydrogens is 192 g/mol. The molecule has 0 atom stereocenters. The van der Waals surface area contributed by atoms with Crippen molar-refractivity contribution in [3.63, 3.8) is 0 Å². The molecule has 0 aromatic heterocycles. The minimum atomic E-state index is 0.345. The molecule has 0 unspecified atom stereocenters. The normalized spacial score (nSPS) is 19.1. The molecule has 1 N–H and O–H groups in total. The Bertz CT molecular complexity index is 375. The van der Waals surface area contributed by atoms with Crippen molar-refractivity contribution in [1.82, 2.24) is 5.32 Å². The lowest BCUT2D eigenvalue weighted by Gasteiger charge is -2.40. The van der Waals surface area contributed by atoms with Gasteiger partial charge in [-0.1, -0.05) is 0 Å². The van der Waals surface area contributed by atoms with Gasteiger partial charge >= 0.3 is 0 Å². The molecule has 80 valence electrons. The van der Waals surface area contributed by atoms with Crippen molar-refractivity contribution >= 4 is 5.69 Å². The predicted molar refractivity (Wildman–Crippen MR) is 57.6 cm³/mol. The Morgan fingerprint density at radius 3 is 2.87 bits per heavy atom. The van der Waals surface area contributed by atoms with Crippen LogP contribution in [0, 0.1) is 0 Å². The topological polar surface area (TPSA) is 33.7 Å². The van der Waals surface area contributed by atoms with Crippen LogP contribution in [0.2, 0.25) is 0 Å². The molecule has 15 heavy (non-hydrogen) atoms. The molecule has 0 bridgehead atoms. The van der Waals surface area contributed by atoms with E-state index in [0.717, 1.165) is 24.6 Å². The fraction of sp³-hybridized carbons (Fsp3) is 0.455. The summed E-state index contributed by atoms with van der Waals surface area (Å²) in [6.07, 6.45) is 0. The number of anilines is 1. The van der Waals surface area contributed by atoms with Crippen LogP contribution in [-0.4, -0.2) is 33.0 Å². The average Bonchev–Trinajstić information content (AvgIpc) is 2.63. The molecule has 0 saturated carbocycles. The first-order valence-electron chi connectivity index (χ1n) is 5.18. The second-order valence-corrected chi connectivity index (χ2v) is 3.93. The number of ether oxygens (including phenoxy) is 2. The Kier molecular flexibility index (Phi) is 1.95. The number of likely N-dealkylation sites (N-methyl/N-ethyl adjacent to an activating group) is 1. The maximum absolute atomic E-state index is 5.35. The number of nitrogens with one attached hydrogen (secondary N) is 1. The van der Waals surface area contributed by atoms with Crippen LogP contribution in [0.3, 0.4) is 0 Å².